The van der Waals surface area contributed by atoms with Crippen LogP contribution in [0, 0.1) is 0 Å². The van der Waals surface area contributed by atoms with Crippen LogP contribution in [0.3, 0.4) is 0 Å². The highest BCUT2D eigenvalue weighted by Crippen LogP contribution is 2.09. The first-order valence-corrected chi connectivity index (χ1v) is 6.65. The number of thioether (sulfide) groups is 1. The second kappa shape index (κ2) is 5.65. The van der Waals surface area contributed by atoms with Gasteiger partial charge in [0.2, 0.25) is 0 Å². The molecular formula is C10H16N2O3S. The normalized spacial score (nSPS) is 24.5. The molecule has 0 aliphatic carbocycles. The van der Waals surface area contributed by atoms with Gasteiger partial charge in [0.25, 0.3) is 0 Å². The van der Waals surface area contributed by atoms with Crippen molar-refractivity contribution in [3.63, 3.8) is 0 Å². The van der Waals surface area contributed by atoms with Gasteiger partial charge in [-0.3, -0.25) is 14.5 Å². The van der Waals surface area contributed by atoms with E-state index in [1.165, 1.54) is 11.5 Å². The van der Waals surface area contributed by atoms with Gasteiger partial charge in [0, 0.05) is 37.7 Å². The van der Waals surface area contributed by atoms with Gasteiger partial charge in [0.15, 0.2) is 0 Å². The molecule has 0 radical (unpaired) electrons. The van der Waals surface area contributed by atoms with Gasteiger partial charge in [-0.25, -0.2) is 0 Å². The molecule has 5 nitrogen and oxygen atoms in total. The van der Waals surface area contributed by atoms with E-state index in [1.54, 1.807) is 0 Å². The van der Waals surface area contributed by atoms with Crippen molar-refractivity contribution in [1.82, 2.24) is 9.80 Å². The molecule has 90 valence electrons. The molecular weight excluding hydrogens is 228 g/mol. The van der Waals surface area contributed by atoms with Crippen LogP contribution in [-0.4, -0.2) is 72.5 Å². The van der Waals surface area contributed by atoms with Gasteiger partial charge in [-0.1, -0.05) is 0 Å². The summed E-state index contributed by atoms with van der Waals surface area (Å²) in [6.07, 6.45) is 0. The van der Waals surface area contributed by atoms with Gasteiger partial charge in [-0.2, -0.15) is 11.8 Å². The zero-order valence-corrected chi connectivity index (χ0v) is 10.0. The summed E-state index contributed by atoms with van der Waals surface area (Å²) in [5.41, 5.74) is 0. The third-order valence-corrected chi connectivity index (χ3v) is 3.71. The van der Waals surface area contributed by atoms with Crippen LogP contribution in [0.2, 0.25) is 0 Å². The first-order valence-electron chi connectivity index (χ1n) is 5.50. The average Bonchev–Trinajstić information content (AvgIpc) is 2.27. The minimum Gasteiger partial charge on any atom is -0.391 e. The van der Waals surface area contributed by atoms with E-state index in [9.17, 15) is 9.59 Å². The number of carbonyl (C=O) groups is 2. The number of rotatable bonds is 3. The van der Waals surface area contributed by atoms with Crippen LogP contribution in [-0.2, 0) is 14.3 Å². The molecule has 2 saturated heterocycles. The van der Waals surface area contributed by atoms with Crippen molar-refractivity contribution in [3.8, 4) is 0 Å². The highest BCUT2D eigenvalue weighted by atomic mass is 32.2. The smallest absolute Gasteiger partial charge is 0.327 e. The molecule has 0 N–H and O–H groups in total. The fourth-order valence-electron chi connectivity index (χ4n) is 1.88. The summed E-state index contributed by atoms with van der Waals surface area (Å²) in [5, 5.41) is 0. The molecule has 0 saturated carbocycles. The van der Waals surface area contributed by atoms with Crippen LogP contribution in [0.25, 0.3) is 0 Å². The van der Waals surface area contributed by atoms with E-state index in [1.807, 2.05) is 16.7 Å². The Morgan fingerprint density at radius 2 is 1.56 bits per heavy atom. The zero-order valence-electron chi connectivity index (χ0n) is 9.18. The Morgan fingerprint density at radius 1 is 1.00 bits per heavy atom. The lowest BCUT2D eigenvalue weighted by Gasteiger charge is -2.30. The third-order valence-electron chi connectivity index (χ3n) is 2.77. The molecule has 6 heteroatoms. The lowest BCUT2D eigenvalue weighted by atomic mass is 10.3. The van der Waals surface area contributed by atoms with Crippen molar-refractivity contribution in [2.24, 2.45) is 0 Å². The Labute approximate surface area is 99.1 Å². The molecule has 2 aliphatic heterocycles. The van der Waals surface area contributed by atoms with E-state index in [4.69, 9.17) is 0 Å². The van der Waals surface area contributed by atoms with E-state index in [0.717, 1.165) is 26.2 Å². The SMILES string of the molecule is O=C1CN(CCN2CCSCC2)CC(=O)O1. The number of morpholine rings is 1. The van der Waals surface area contributed by atoms with Crippen molar-refractivity contribution in [1.29, 1.82) is 0 Å². The quantitative estimate of drug-likeness (QED) is 0.489. The fourth-order valence-corrected chi connectivity index (χ4v) is 2.86. The second-order valence-corrected chi connectivity index (χ2v) is 5.24. The van der Waals surface area contributed by atoms with Crippen LogP contribution in [0.4, 0.5) is 0 Å². The zero-order chi connectivity index (χ0) is 11.4. The number of hydrogen-bond donors (Lipinski definition) is 0. The number of ether oxygens (including phenoxy) is 1. The predicted octanol–water partition coefficient (Wildman–Crippen LogP) is -0.579. The minimum absolute atomic E-state index is 0.244. The molecule has 0 amide bonds. The minimum atomic E-state index is -0.426. The van der Waals surface area contributed by atoms with Gasteiger partial charge in [-0.15, -0.1) is 0 Å². The summed E-state index contributed by atoms with van der Waals surface area (Å²) in [6, 6.07) is 0. The maximum absolute atomic E-state index is 11.0. The maximum atomic E-state index is 11.0. The summed E-state index contributed by atoms with van der Waals surface area (Å²) < 4.78 is 4.47. The number of carbonyl (C=O) groups excluding carboxylic acids is 2. The first-order chi connectivity index (χ1) is 7.74. The van der Waals surface area contributed by atoms with Crippen LogP contribution < -0.4 is 0 Å². The molecule has 2 aliphatic rings. The first kappa shape index (κ1) is 11.9. The highest BCUT2D eigenvalue weighted by Gasteiger charge is 2.24. The van der Waals surface area contributed by atoms with Crippen molar-refractivity contribution in [3.05, 3.63) is 0 Å². The van der Waals surface area contributed by atoms with E-state index >= 15 is 0 Å². The van der Waals surface area contributed by atoms with E-state index in [-0.39, 0.29) is 13.1 Å². The van der Waals surface area contributed by atoms with Crippen LogP contribution in [0.1, 0.15) is 0 Å². The molecule has 2 rings (SSSR count). The van der Waals surface area contributed by atoms with Gasteiger partial charge in [-0.05, 0) is 0 Å². The Balaban J connectivity index is 1.72. The summed E-state index contributed by atoms with van der Waals surface area (Å²) in [5.74, 6) is 1.51. The lowest BCUT2D eigenvalue weighted by molar-refractivity contribution is -0.166. The molecule has 0 spiro atoms. The molecule has 16 heavy (non-hydrogen) atoms. The van der Waals surface area contributed by atoms with Crippen LogP contribution in [0.15, 0.2) is 0 Å². The van der Waals surface area contributed by atoms with Crippen molar-refractivity contribution >= 4 is 23.7 Å². The number of nitrogens with zero attached hydrogens (tertiary/aromatic N) is 2. The number of hydrogen-bond acceptors (Lipinski definition) is 6. The van der Waals surface area contributed by atoms with Crippen LogP contribution >= 0.6 is 11.8 Å². The summed E-state index contributed by atoms with van der Waals surface area (Å²) >= 11 is 1.98. The van der Waals surface area contributed by atoms with Gasteiger partial charge in [0.05, 0.1) is 13.1 Å². The van der Waals surface area contributed by atoms with Gasteiger partial charge >= 0.3 is 11.9 Å². The lowest BCUT2D eigenvalue weighted by Crippen LogP contribution is -2.47. The molecule has 0 unspecified atom stereocenters. The summed E-state index contributed by atoms with van der Waals surface area (Å²) in [7, 11) is 0. The van der Waals surface area contributed by atoms with Crippen LogP contribution in [0.5, 0.6) is 0 Å². The number of cyclic esters (lactones) is 2. The maximum Gasteiger partial charge on any atom is 0.327 e. The summed E-state index contributed by atoms with van der Waals surface area (Å²) in [4.78, 5) is 26.3. The van der Waals surface area contributed by atoms with Crippen molar-refractivity contribution < 1.29 is 14.3 Å². The Bertz CT molecular complexity index is 263. The second-order valence-electron chi connectivity index (χ2n) is 4.01. The molecule has 0 atom stereocenters. The molecule has 2 heterocycles. The highest BCUT2D eigenvalue weighted by molar-refractivity contribution is 7.99. The fraction of sp³-hybridized carbons (Fsp3) is 0.800. The van der Waals surface area contributed by atoms with Crippen molar-refractivity contribution in [2.75, 3.05) is 50.8 Å². The molecule has 0 aromatic heterocycles. The topological polar surface area (TPSA) is 49.9 Å². The Hall–Kier alpha value is -0.590. The van der Waals surface area contributed by atoms with Gasteiger partial charge < -0.3 is 9.64 Å². The predicted molar refractivity (Wildman–Crippen MR) is 61.3 cm³/mol. The molecule has 0 aromatic carbocycles. The van der Waals surface area contributed by atoms with E-state index in [2.05, 4.69) is 9.64 Å². The third kappa shape index (κ3) is 3.47. The average molecular weight is 244 g/mol. The molecule has 2 fully saturated rings. The van der Waals surface area contributed by atoms with Crippen molar-refractivity contribution in [2.45, 2.75) is 0 Å². The van der Waals surface area contributed by atoms with E-state index in [0.29, 0.717) is 0 Å². The molecule has 0 aromatic rings. The summed E-state index contributed by atoms with van der Waals surface area (Å²) in [6.45, 7) is 4.41. The van der Waals surface area contributed by atoms with E-state index < -0.39 is 11.9 Å². The Kier molecular flexibility index (Phi) is 4.20. The largest absolute Gasteiger partial charge is 0.391 e. The van der Waals surface area contributed by atoms with Gasteiger partial charge in [0.1, 0.15) is 0 Å². The monoisotopic (exact) mass is 244 g/mol. The number of esters is 2. The Morgan fingerprint density at radius 3 is 2.19 bits per heavy atom. The standard InChI is InChI=1S/C10H16N2O3S/c13-9-7-12(8-10(14)15-9)2-1-11-3-5-16-6-4-11/h1-8H2. The molecule has 0 bridgehead atoms.